The Morgan fingerprint density at radius 3 is 2.94 bits per heavy atom. The molecular weight excluding hydrogens is 202 g/mol. The lowest BCUT2D eigenvalue weighted by molar-refractivity contribution is 0.0949. The summed E-state index contributed by atoms with van der Waals surface area (Å²) in [5.74, 6) is 1.01. The number of nitrogens with two attached hydrogens (primary N) is 1. The molecule has 1 aliphatic rings. The van der Waals surface area contributed by atoms with E-state index < -0.39 is 0 Å². The molecule has 16 heavy (non-hydrogen) atoms. The Bertz CT molecular complexity index is 396. The van der Waals surface area contributed by atoms with E-state index in [1.165, 1.54) is 0 Å². The van der Waals surface area contributed by atoms with Gasteiger partial charge in [-0.05, 0) is 31.4 Å². The third kappa shape index (κ3) is 2.32. The Morgan fingerprint density at radius 1 is 1.62 bits per heavy atom. The first-order chi connectivity index (χ1) is 7.60. The van der Waals surface area contributed by atoms with E-state index in [1.54, 1.807) is 12.1 Å². The molecular formula is C12H17N3O. The molecule has 0 aliphatic heterocycles. The Kier molecular flexibility index (Phi) is 2.81. The third-order valence-corrected chi connectivity index (χ3v) is 3.00. The number of pyridine rings is 1. The van der Waals surface area contributed by atoms with Crippen LogP contribution in [0.25, 0.3) is 0 Å². The van der Waals surface area contributed by atoms with Gasteiger partial charge in [0.15, 0.2) is 0 Å². The molecule has 3 N–H and O–H groups in total. The van der Waals surface area contributed by atoms with Crippen LogP contribution in [0, 0.1) is 12.8 Å². The first kappa shape index (κ1) is 10.9. The lowest BCUT2D eigenvalue weighted by Crippen LogP contribution is -2.27. The molecule has 86 valence electrons. The van der Waals surface area contributed by atoms with Crippen molar-refractivity contribution < 1.29 is 4.79 Å². The van der Waals surface area contributed by atoms with Gasteiger partial charge in [0.2, 0.25) is 0 Å². The van der Waals surface area contributed by atoms with E-state index in [-0.39, 0.29) is 5.91 Å². The normalized spacial score (nSPS) is 22.9. The molecule has 1 aromatic rings. The average Bonchev–Trinajstić information content (AvgIpc) is 2.95. The summed E-state index contributed by atoms with van der Waals surface area (Å²) >= 11 is 0. The van der Waals surface area contributed by atoms with Crippen molar-refractivity contribution in [2.75, 3.05) is 5.73 Å². The zero-order chi connectivity index (χ0) is 11.7. The summed E-state index contributed by atoms with van der Waals surface area (Å²) < 4.78 is 0. The highest BCUT2D eigenvalue weighted by atomic mass is 16.1. The summed E-state index contributed by atoms with van der Waals surface area (Å²) in [6.45, 7) is 3.98. The van der Waals surface area contributed by atoms with Gasteiger partial charge in [-0.2, -0.15) is 0 Å². The van der Waals surface area contributed by atoms with Crippen LogP contribution in [-0.2, 0) is 0 Å². The van der Waals surface area contributed by atoms with E-state index in [4.69, 9.17) is 5.73 Å². The van der Waals surface area contributed by atoms with E-state index in [1.807, 2.05) is 6.92 Å². The Labute approximate surface area is 95.3 Å². The second-order valence-corrected chi connectivity index (χ2v) is 4.41. The molecule has 1 fully saturated rings. The minimum atomic E-state index is -0.0434. The predicted molar refractivity (Wildman–Crippen MR) is 63.0 cm³/mol. The highest BCUT2D eigenvalue weighted by Crippen LogP contribution is 2.33. The number of aryl methyl sites for hydroxylation is 1. The highest BCUT2D eigenvalue weighted by molar-refractivity contribution is 5.95. The summed E-state index contributed by atoms with van der Waals surface area (Å²) in [5, 5.41) is 3.00. The molecule has 0 radical (unpaired) electrons. The van der Waals surface area contributed by atoms with Crippen molar-refractivity contribution in [3.05, 3.63) is 23.4 Å². The molecule has 4 heteroatoms. The van der Waals surface area contributed by atoms with E-state index in [2.05, 4.69) is 17.2 Å². The van der Waals surface area contributed by atoms with Gasteiger partial charge in [-0.15, -0.1) is 0 Å². The number of rotatable bonds is 3. The van der Waals surface area contributed by atoms with Crippen LogP contribution in [0.15, 0.2) is 12.1 Å². The number of nitrogens with one attached hydrogen (secondary N) is 1. The lowest BCUT2D eigenvalue weighted by Gasteiger charge is -2.05. The van der Waals surface area contributed by atoms with Gasteiger partial charge in [0.05, 0.1) is 0 Å². The zero-order valence-corrected chi connectivity index (χ0v) is 9.66. The zero-order valence-electron chi connectivity index (χ0n) is 9.66. The SMILES string of the molecule is CCC1CC1NC(=O)c1cc(C)nc(N)c1. The fourth-order valence-electron chi connectivity index (χ4n) is 1.95. The molecule has 2 unspecified atom stereocenters. The fraction of sp³-hybridized carbons (Fsp3) is 0.500. The van der Waals surface area contributed by atoms with Gasteiger partial charge in [-0.1, -0.05) is 13.3 Å². The number of hydrogen-bond donors (Lipinski definition) is 2. The summed E-state index contributed by atoms with van der Waals surface area (Å²) in [7, 11) is 0. The second kappa shape index (κ2) is 4.12. The van der Waals surface area contributed by atoms with Crippen LogP contribution in [0.2, 0.25) is 0 Å². The van der Waals surface area contributed by atoms with Crippen molar-refractivity contribution in [1.82, 2.24) is 10.3 Å². The lowest BCUT2D eigenvalue weighted by atomic mass is 10.2. The molecule has 2 rings (SSSR count). The molecule has 0 aromatic carbocycles. The molecule has 0 saturated heterocycles. The van der Waals surface area contributed by atoms with Crippen LogP contribution in [0.1, 0.15) is 35.8 Å². The van der Waals surface area contributed by atoms with Gasteiger partial charge in [0.25, 0.3) is 5.91 Å². The van der Waals surface area contributed by atoms with Crippen molar-refractivity contribution in [2.45, 2.75) is 32.7 Å². The second-order valence-electron chi connectivity index (χ2n) is 4.41. The van der Waals surface area contributed by atoms with Crippen LogP contribution in [0.3, 0.4) is 0 Å². The maximum atomic E-state index is 11.9. The number of nitrogen functional groups attached to an aromatic ring is 1. The maximum absolute atomic E-state index is 11.9. The summed E-state index contributed by atoms with van der Waals surface area (Å²) in [5.41, 5.74) is 6.98. The minimum absolute atomic E-state index is 0.0434. The number of aromatic nitrogens is 1. The number of nitrogens with zero attached hydrogens (tertiary/aromatic N) is 1. The number of amides is 1. The van der Waals surface area contributed by atoms with E-state index in [9.17, 15) is 4.79 Å². The molecule has 1 aliphatic carbocycles. The van der Waals surface area contributed by atoms with Crippen LogP contribution in [0.5, 0.6) is 0 Å². The summed E-state index contributed by atoms with van der Waals surface area (Å²) in [6, 6.07) is 3.73. The molecule has 1 amide bonds. The molecule has 1 heterocycles. The maximum Gasteiger partial charge on any atom is 0.251 e. The number of anilines is 1. The fourth-order valence-corrected chi connectivity index (χ4v) is 1.95. The topological polar surface area (TPSA) is 68.0 Å². The number of carbonyl (C=O) groups excluding carboxylic acids is 1. The largest absolute Gasteiger partial charge is 0.384 e. The van der Waals surface area contributed by atoms with Gasteiger partial charge in [0, 0.05) is 17.3 Å². The molecule has 1 aromatic heterocycles. The van der Waals surface area contributed by atoms with Crippen LogP contribution in [-0.4, -0.2) is 16.9 Å². The summed E-state index contributed by atoms with van der Waals surface area (Å²) in [4.78, 5) is 15.9. The Morgan fingerprint density at radius 2 is 2.38 bits per heavy atom. The molecule has 4 nitrogen and oxygen atoms in total. The van der Waals surface area contributed by atoms with Crippen molar-refractivity contribution in [3.8, 4) is 0 Å². The number of hydrogen-bond acceptors (Lipinski definition) is 3. The minimum Gasteiger partial charge on any atom is -0.384 e. The van der Waals surface area contributed by atoms with E-state index in [0.29, 0.717) is 23.3 Å². The van der Waals surface area contributed by atoms with Crippen molar-refractivity contribution in [1.29, 1.82) is 0 Å². The molecule has 0 spiro atoms. The van der Waals surface area contributed by atoms with Gasteiger partial charge in [-0.25, -0.2) is 4.98 Å². The standard InChI is InChI=1S/C12H17N3O/c1-3-8-5-10(8)15-12(16)9-4-7(2)14-11(13)6-9/h4,6,8,10H,3,5H2,1-2H3,(H2,13,14)(H,15,16). The number of carbonyl (C=O) groups is 1. The Hall–Kier alpha value is -1.58. The van der Waals surface area contributed by atoms with Gasteiger partial charge >= 0.3 is 0 Å². The van der Waals surface area contributed by atoms with Gasteiger partial charge in [0.1, 0.15) is 5.82 Å². The van der Waals surface area contributed by atoms with Crippen molar-refractivity contribution in [2.24, 2.45) is 5.92 Å². The highest BCUT2D eigenvalue weighted by Gasteiger charge is 2.36. The van der Waals surface area contributed by atoms with Crippen LogP contribution < -0.4 is 11.1 Å². The molecule has 1 saturated carbocycles. The van der Waals surface area contributed by atoms with Crippen molar-refractivity contribution in [3.63, 3.8) is 0 Å². The molecule has 0 bridgehead atoms. The van der Waals surface area contributed by atoms with Crippen LogP contribution >= 0.6 is 0 Å². The quantitative estimate of drug-likeness (QED) is 0.809. The Balaban J connectivity index is 2.04. The van der Waals surface area contributed by atoms with Gasteiger partial charge in [-0.3, -0.25) is 4.79 Å². The smallest absolute Gasteiger partial charge is 0.251 e. The van der Waals surface area contributed by atoms with Gasteiger partial charge < -0.3 is 11.1 Å². The van der Waals surface area contributed by atoms with E-state index in [0.717, 1.165) is 18.5 Å². The first-order valence-corrected chi connectivity index (χ1v) is 5.65. The van der Waals surface area contributed by atoms with Crippen LogP contribution in [0.4, 0.5) is 5.82 Å². The third-order valence-electron chi connectivity index (χ3n) is 3.00. The van der Waals surface area contributed by atoms with Crippen molar-refractivity contribution >= 4 is 11.7 Å². The first-order valence-electron chi connectivity index (χ1n) is 5.65. The van der Waals surface area contributed by atoms with E-state index >= 15 is 0 Å². The monoisotopic (exact) mass is 219 g/mol. The predicted octanol–water partition coefficient (Wildman–Crippen LogP) is 1.50. The molecule has 2 atom stereocenters. The average molecular weight is 219 g/mol. The summed E-state index contributed by atoms with van der Waals surface area (Å²) in [6.07, 6.45) is 2.23.